The van der Waals surface area contributed by atoms with Crippen molar-refractivity contribution in [1.82, 2.24) is 9.78 Å². The second-order valence-corrected chi connectivity index (χ2v) is 10.5. The van der Waals surface area contributed by atoms with E-state index in [2.05, 4.69) is 21.0 Å². The van der Waals surface area contributed by atoms with E-state index in [1.807, 2.05) is 68.4 Å². The zero-order valence-corrected chi connectivity index (χ0v) is 21.5. The van der Waals surface area contributed by atoms with Gasteiger partial charge in [0.15, 0.2) is 22.7 Å². The molecule has 5 atom stereocenters. The Kier molecular flexibility index (Phi) is 5.64. The summed E-state index contributed by atoms with van der Waals surface area (Å²) in [7, 11) is 1.35. The largest absolute Gasteiger partial charge is 0.477 e. The van der Waals surface area contributed by atoms with Crippen molar-refractivity contribution >= 4 is 27.7 Å². The fourth-order valence-electron chi connectivity index (χ4n) is 5.52. The van der Waals surface area contributed by atoms with Gasteiger partial charge in [-0.05, 0) is 37.1 Å². The molecule has 1 N–H and O–H groups in total. The van der Waals surface area contributed by atoms with Gasteiger partial charge in [0.25, 0.3) is 0 Å². The van der Waals surface area contributed by atoms with Gasteiger partial charge in [0.2, 0.25) is 0 Å². The molecule has 3 aromatic rings. The predicted molar refractivity (Wildman–Crippen MR) is 132 cm³/mol. The molecule has 35 heavy (non-hydrogen) atoms. The fourth-order valence-corrected chi connectivity index (χ4v) is 5.78. The third-order valence-electron chi connectivity index (χ3n) is 7.26. The van der Waals surface area contributed by atoms with Gasteiger partial charge >= 0.3 is 5.97 Å². The van der Waals surface area contributed by atoms with Crippen LogP contribution in [-0.4, -0.2) is 33.7 Å². The van der Waals surface area contributed by atoms with Crippen LogP contribution in [0.25, 0.3) is 0 Å². The zero-order chi connectivity index (χ0) is 25.1. The van der Waals surface area contributed by atoms with Crippen molar-refractivity contribution in [2.45, 2.75) is 43.9 Å². The number of ketones is 1. The van der Waals surface area contributed by atoms with Gasteiger partial charge in [-0.25, -0.2) is 0 Å². The molecule has 182 valence electrons. The maximum atomic E-state index is 13.5. The molecule has 1 saturated carbocycles. The SMILES string of the molecule is COC(=O)C(C)C(c1ccccc1)C1(c2ccc(Br)cc2)Oc2cn(C(C)C)nc2[C@@]2(O)C(=O)C12. The van der Waals surface area contributed by atoms with Gasteiger partial charge in [-0.2, -0.15) is 5.10 Å². The van der Waals surface area contributed by atoms with Crippen LogP contribution in [0.4, 0.5) is 0 Å². The molecule has 1 aromatic heterocycles. The molecule has 2 aromatic carbocycles. The van der Waals surface area contributed by atoms with Crippen LogP contribution in [-0.2, 0) is 25.5 Å². The minimum absolute atomic E-state index is 0.00101. The molecule has 0 radical (unpaired) electrons. The van der Waals surface area contributed by atoms with Crippen LogP contribution in [0.5, 0.6) is 5.75 Å². The molecule has 0 bridgehead atoms. The Morgan fingerprint density at radius 2 is 1.80 bits per heavy atom. The second kappa shape index (κ2) is 8.31. The van der Waals surface area contributed by atoms with Crippen molar-refractivity contribution in [2.24, 2.45) is 11.8 Å². The lowest BCUT2D eigenvalue weighted by Crippen LogP contribution is -2.50. The number of ether oxygens (including phenoxy) is 2. The summed E-state index contributed by atoms with van der Waals surface area (Å²) in [6, 6.07) is 16.9. The highest BCUT2D eigenvalue weighted by Gasteiger charge is 2.81. The Hall–Kier alpha value is -2.97. The summed E-state index contributed by atoms with van der Waals surface area (Å²) in [5.74, 6) is -2.74. The van der Waals surface area contributed by atoms with Gasteiger partial charge in [-0.3, -0.25) is 14.3 Å². The van der Waals surface area contributed by atoms with Crippen LogP contribution < -0.4 is 4.74 Å². The van der Waals surface area contributed by atoms with Gasteiger partial charge in [0, 0.05) is 16.4 Å². The molecule has 8 heteroatoms. The first-order chi connectivity index (χ1) is 16.7. The smallest absolute Gasteiger partial charge is 0.309 e. The minimum Gasteiger partial charge on any atom is -0.477 e. The van der Waals surface area contributed by atoms with Crippen molar-refractivity contribution in [2.75, 3.05) is 7.11 Å². The van der Waals surface area contributed by atoms with Crippen molar-refractivity contribution in [1.29, 1.82) is 0 Å². The van der Waals surface area contributed by atoms with Crippen LogP contribution in [0.1, 0.15) is 49.6 Å². The van der Waals surface area contributed by atoms with E-state index in [1.54, 1.807) is 17.8 Å². The molecule has 0 saturated heterocycles. The van der Waals surface area contributed by atoms with Crippen molar-refractivity contribution < 1.29 is 24.2 Å². The Morgan fingerprint density at radius 3 is 2.40 bits per heavy atom. The zero-order valence-electron chi connectivity index (χ0n) is 19.9. The topological polar surface area (TPSA) is 90.7 Å². The van der Waals surface area contributed by atoms with Crippen molar-refractivity contribution in [3.8, 4) is 5.75 Å². The maximum Gasteiger partial charge on any atom is 0.309 e. The fraction of sp³-hybridized carbons (Fsp3) is 0.370. The van der Waals surface area contributed by atoms with Gasteiger partial charge in [0.05, 0.1) is 19.2 Å². The Balaban J connectivity index is 1.82. The molecule has 7 nitrogen and oxygen atoms in total. The number of methoxy groups -OCH3 is 1. The number of aromatic nitrogens is 2. The lowest BCUT2D eigenvalue weighted by Gasteiger charge is -2.45. The minimum atomic E-state index is -1.80. The van der Waals surface area contributed by atoms with Crippen LogP contribution in [0.15, 0.2) is 65.3 Å². The first-order valence-corrected chi connectivity index (χ1v) is 12.4. The molecule has 2 aliphatic rings. The average Bonchev–Trinajstić information content (AvgIpc) is 3.19. The Labute approximate surface area is 212 Å². The molecular weight excluding hydrogens is 512 g/mol. The molecule has 1 fully saturated rings. The predicted octanol–water partition coefficient (Wildman–Crippen LogP) is 4.49. The summed E-state index contributed by atoms with van der Waals surface area (Å²) in [5.41, 5.74) is -1.47. The summed E-state index contributed by atoms with van der Waals surface area (Å²) in [5, 5.41) is 16.3. The number of carbonyl (C=O) groups excluding carboxylic acids is 2. The number of hydrogen-bond donors (Lipinski definition) is 1. The van der Waals surface area contributed by atoms with Crippen molar-refractivity contribution in [3.63, 3.8) is 0 Å². The lowest BCUT2D eigenvalue weighted by atomic mass is 9.67. The van der Waals surface area contributed by atoms with E-state index in [1.165, 1.54) is 7.11 Å². The van der Waals surface area contributed by atoms with Gasteiger partial charge in [-0.1, -0.05) is 65.3 Å². The maximum absolute atomic E-state index is 13.5. The number of esters is 1. The normalized spacial score (nSPS) is 26.4. The van der Waals surface area contributed by atoms with Crippen LogP contribution >= 0.6 is 15.9 Å². The summed E-state index contributed by atoms with van der Waals surface area (Å²) in [6.07, 6.45) is 1.72. The molecule has 0 spiro atoms. The van der Waals surface area contributed by atoms with E-state index in [9.17, 15) is 14.7 Å². The molecule has 5 rings (SSSR count). The number of halogens is 1. The highest BCUT2D eigenvalue weighted by atomic mass is 79.9. The number of nitrogens with zero attached hydrogens (tertiary/aromatic N) is 2. The highest BCUT2D eigenvalue weighted by molar-refractivity contribution is 9.10. The molecule has 0 amide bonds. The first-order valence-electron chi connectivity index (χ1n) is 11.6. The van der Waals surface area contributed by atoms with Gasteiger partial charge in [0.1, 0.15) is 11.6 Å². The van der Waals surface area contributed by atoms with E-state index in [0.29, 0.717) is 11.3 Å². The summed E-state index contributed by atoms with van der Waals surface area (Å²) in [4.78, 5) is 26.5. The third kappa shape index (κ3) is 3.37. The Bertz CT molecular complexity index is 1290. The van der Waals surface area contributed by atoms with Crippen LogP contribution in [0, 0.1) is 11.8 Å². The third-order valence-corrected chi connectivity index (χ3v) is 7.79. The summed E-state index contributed by atoms with van der Waals surface area (Å²) >= 11 is 3.48. The van der Waals surface area contributed by atoms with E-state index in [4.69, 9.17) is 9.47 Å². The number of Topliss-reactive ketones (excluding diaryl/α,β-unsaturated/α-hetero) is 1. The quantitative estimate of drug-likeness (QED) is 0.465. The molecule has 4 unspecified atom stereocenters. The number of hydrogen-bond acceptors (Lipinski definition) is 6. The lowest BCUT2D eigenvalue weighted by molar-refractivity contribution is -0.150. The van der Waals surface area contributed by atoms with Crippen molar-refractivity contribution in [3.05, 3.63) is 82.1 Å². The molecule has 1 aliphatic carbocycles. The number of benzene rings is 2. The van der Waals surface area contributed by atoms with Crippen LogP contribution in [0.3, 0.4) is 0 Å². The monoisotopic (exact) mass is 538 g/mol. The number of carbonyl (C=O) groups is 2. The molecular formula is C27H27BrN2O5. The highest BCUT2D eigenvalue weighted by Crippen LogP contribution is 2.67. The summed E-state index contributed by atoms with van der Waals surface area (Å²) < 4.78 is 14.5. The molecule has 2 heterocycles. The summed E-state index contributed by atoms with van der Waals surface area (Å²) in [6.45, 7) is 5.69. The van der Waals surface area contributed by atoms with E-state index >= 15 is 0 Å². The van der Waals surface area contributed by atoms with Gasteiger partial charge < -0.3 is 14.6 Å². The second-order valence-electron chi connectivity index (χ2n) is 9.58. The van der Waals surface area contributed by atoms with E-state index < -0.39 is 34.9 Å². The number of rotatable bonds is 6. The van der Waals surface area contributed by atoms with E-state index in [-0.39, 0.29) is 17.5 Å². The number of aliphatic hydroxyl groups is 1. The standard InChI is InChI=1S/C27H27BrN2O5/c1-15(2)30-14-20-23(29-30)26(33)22(24(26)31)27(35-20,18-10-12-19(28)13-11-18)21(16(3)25(32)34-4)17-8-6-5-7-9-17/h5-16,21-22,33H,1-4H3/t16?,21?,22?,26-,27?/m1/s1. The van der Waals surface area contributed by atoms with Gasteiger partial charge in [-0.15, -0.1) is 0 Å². The average molecular weight is 539 g/mol. The van der Waals surface area contributed by atoms with Crippen LogP contribution in [0.2, 0.25) is 0 Å². The Morgan fingerprint density at radius 1 is 1.14 bits per heavy atom. The molecule has 1 aliphatic heterocycles. The first kappa shape index (κ1) is 23.8. The number of fused-ring (bicyclic) bond motifs is 3. The van der Waals surface area contributed by atoms with E-state index in [0.717, 1.165) is 10.0 Å².